The number of alkyl halides is 3. The number of hydrogen-bond acceptors (Lipinski definition) is 3. The molecular formula is C12H7ClF3NO2. The maximum Gasteiger partial charge on any atom is 0.573 e. The topological polar surface area (TPSA) is 42.4 Å². The van der Waals surface area contributed by atoms with Crippen LogP contribution in [0.4, 0.5) is 13.2 Å². The number of rotatable bonds is 2. The van der Waals surface area contributed by atoms with Gasteiger partial charge in [0.05, 0.1) is 6.20 Å². The lowest BCUT2D eigenvalue weighted by Gasteiger charge is -2.13. The number of benzene rings is 1. The normalized spacial score (nSPS) is 11.4. The lowest BCUT2D eigenvalue weighted by Crippen LogP contribution is -2.17. The Morgan fingerprint density at radius 3 is 2.53 bits per heavy atom. The fraction of sp³-hybridized carbons (Fsp3) is 0.0833. The van der Waals surface area contributed by atoms with E-state index >= 15 is 0 Å². The molecule has 0 spiro atoms. The minimum absolute atomic E-state index is 0.0315. The van der Waals surface area contributed by atoms with Crippen molar-refractivity contribution in [1.29, 1.82) is 0 Å². The predicted octanol–water partition coefficient (Wildman–Crippen LogP) is 4.01. The zero-order valence-electron chi connectivity index (χ0n) is 9.28. The number of pyridine rings is 1. The molecule has 0 fully saturated rings. The molecule has 1 heterocycles. The number of halogens is 4. The van der Waals surface area contributed by atoms with Crippen molar-refractivity contribution in [3.05, 3.63) is 41.7 Å². The quantitative estimate of drug-likeness (QED) is 0.850. The third-order valence-electron chi connectivity index (χ3n) is 2.23. The summed E-state index contributed by atoms with van der Waals surface area (Å²) in [6, 6.07) is 6.69. The van der Waals surface area contributed by atoms with Crippen LogP contribution in [0.1, 0.15) is 0 Å². The highest BCUT2D eigenvalue weighted by atomic mass is 35.5. The first-order valence-electron chi connectivity index (χ1n) is 5.06. The summed E-state index contributed by atoms with van der Waals surface area (Å²) in [5.41, 5.74) is 0.245. The SMILES string of the molecule is Oc1cnc(Cl)c(-c2ccccc2OC(F)(F)F)c1. The molecule has 3 nitrogen and oxygen atoms in total. The van der Waals surface area contributed by atoms with E-state index in [0.717, 1.165) is 12.3 Å². The molecule has 7 heteroatoms. The second-order valence-electron chi connectivity index (χ2n) is 3.58. The molecule has 2 rings (SSSR count). The van der Waals surface area contributed by atoms with Crippen LogP contribution in [-0.2, 0) is 0 Å². The van der Waals surface area contributed by atoms with Crippen LogP contribution in [0.5, 0.6) is 11.5 Å². The van der Waals surface area contributed by atoms with Gasteiger partial charge in [-0.1, -0.05) is 29.8 Å². The van der Waals surface area contributed by atoms with Crippen LogP contribution in [0.15, 0.2) is 36.5 Å². The zero-order valence-corrected chi connectivity index (χ0v) is 10.0. The molecular weight excluding hydrogens is 283 g/mol. The first kappa shape index (κ1) is 13.5. The van der Waals surface area contributed by atoms with Crippen LogP contribution >= 0.6 is 11.6 Å². The van der Waals surface area contributed by atoms with Crippen molar-refractivity contribution in [1.82, 2.24) is 4.98 Å². The molecule has 100 valence electrons. The predicted molar refractivity (Wildman–Crippen MR) is 63.0 cm³/mol. The van der Waals surface area contributed by atoms with Crippen molar-refractivity contribution in [3.63, 3.8) is 0 Å². The van der Waals surface area contributed by atoms with Crippen LogP contribution in [0.25, 0.3) is 11.1 Å². The fourth-order valence-electron chi connectivity index (χ4n) is 1.53. The minimum atomic E-state index is -4.81. The van der Waals surface area contributed by atoms with Crippen LogP contribution < -0.4 is 4.74 Å². The van der Waals surface area contributed by atoms with Gasteiger partial charge in [-0.15, -0.1) is 13.2 Å². The summed E-state index contributed by atoms with van der Waals surface area (Å²) in [5, 5.41) is 9.31. The summed E-state index contributed by atoms with van der Waals surface area (Å²) in [5.74, 6) is -0.620. The number of para-hydroxylation sites is 1. The van der Waals surface area contributed by atoms with E-state index < -0.39 is 12.1 Å². The first-order valence-corrected chi connectivity index (χ1v) is 5.44. The van der Waals surface area contributed by atoms with E-state index in [-0.39, 0.29) is 22.0 Å². The van der Waals surface area contributed by atoms with Crippen molar-refractivity contribution in [2.45, 2.75) is 6.36 Å². The van der Waals surface area contributed by atoms with Crippen molar-refractivity contribution >= 4 is 11.6 Å². The standard InChI is InChI=1S/C12H7ClF3NO2/c13-11-9(5-7(18)6-17-11)8-3-1-2-4-10(8)19-12(14,15)16/h1-6,18H. The number of aromatic nitrogens is 1. The van der Waals surface area contributed by atoms with Crippen LogP contribution in [0.2, 0.25) is 5.15 Å². The van der Waals surface area contributed by atoms with Gasteiger partial charge in [-0.25, -0.2) is 4.98 Å². The van der Waals surface area contributed by atoms with Crippen LogP contribution in [0, 0.1) is 0 Å². The van der Waals surface area contributed by atoms with Gasteiger partial charge < -0.3 is 9.84 Å². The molecule has 1 N–H and O–H groups in total. The Morgan fingerprint density at radius 1 is 1.16 bits per heavy atom. The van der Waals surface area contributed by atoms with Gasteiger partial charge in [0.25, 0.3) is 0 Å². The van der Waals surface area contributed by atoms with Gasteiger partial charge in [0, 0.05) is 11.1 Å². The highest BCUT2D eigenvalue weighted by Gasteiger charge is 2.32. The fourth-order valence-corrected chi connectivity index (χ4v) is 1.73. The smallest absolute Gasteiger partial charge is 0.506 e. The summed E-state index contributed by atoms with van der Waals surface area (Å²) < 4.78 is 40.8. The van der Waals surface area contributed by atoms with Gasteiger partial charge >= 0.3 is 6.36 Å². The van der Waals surface area contributed by atoms with Gasteiger partial charge in [-0.2, -0.15) is 0 Å². The van der Waals surface area contributed by atoms with Gasteiger partial charge in [0.1, 0.15) is 16.7 Å². The van der Waals surface area contributed by atoms with E-state index in [1.807, 2.05) is 0 Å². The van der Waals surface area contributed by atoms with Gasteiger partial charge in [-0.3, -0.25) is 0 Å². The van der Waals surface area contributed by atoms with E-state index in [9.17, 15) is 18.3 Å². The maximum absolute atomic E-state index is 12.3. The maximum atomic E-state index is 12.3. The number of aromatic hydroxyl groups is 1. The van der Waals surface area contributed by atoms with Crippen molar-refractivity contribution in [3.8, 4) is 22.6 Å². The van der Waals surface area contributed by atoms with Crippen LogP contribution in [0.3, 0.4) is 0 Å². The largest absolute Gasteiger partial charge is 0.573 e. The molecule has 19 heavy (non-hydrogen) atoms. The Hall–Kier alpha value is -1.95. The van der Waals surface area contributed by atoms with E-state index in [1.165, 1.54) is 24.3 Å². The van der Waals surface area contributed by atoms with E-state index in [4.69, 9.17) is 11.6 Å². The molecule has 1 aromatic carbocycles. The van der Waals surface area contributed by atoms with E-state index in [0.29, 0.717) is 0 Å². The van der Waals surface area contributed by atoms with Crippen molar-refractivity contribution in [2.75, 3.05) is 0 Å². The van der Waals surface area contributed by atoms with Crippen molar-refractivity contribution in [2.24, 2.45) is 0 Å². The molecule has 2 aromatic rings. The Kier molecular flexibility index (Phi) is 3.53. The summed E-state index contributed by atoms with van der Waals surface area (Å²) in [6.45, 7) is 0. The zero-order chi connectivity index (χ0) is 14.0. The van der Waals surface area contributed by atoms with Gasteiger partial charge in [-0.05, 0) is 12.1 Å². The highest BCUT2D eigenvalue weighted by Crippen LogP contribution is 2.37. The van der Waals surface area contributed by atoms with Gasteiger partial charge in [0.2, 0.25) is 0 Å². The molecule has 0 unspecified atom stereocenters. The molecule has 0 atom stereocenters. The summed E-state index contributed by atoms with van der Waals surface area (Å²) in [4.78, 5) is 3.67. The molecule has 0 aliphatic heterocycles. The molecule has 0 saturated heterocycles. The number of ether oxygens (including phenoxy) is 1. The molecule has 0 bridgehead atoms. The highest BCUT2D eigenvalue weighted by molar-refractivity contribution is 6.32. The second-order valence-corrected chi connectivity index (χ2v) is 3.93. The van der Waals surface area contributed by atoms with Crippen molar-refractivity contribution < 1.29 is 23.0 Å². The first-order chi connectivity index (χ1) is 8.87. The lowest BCUT2D eigenvalue weighted by atomic mass is 10.1. The molecule has 0 aliphatic carbocycles. The number of nitrogens with zero attached hydrogens (tertiary/aromatic N) is 1. The summed E-state index contributed by atoms with van der Waals surface area (Å²) in [6.07, 6.45) is -3.72. The molecule has 0 radical (unpaired) electrons. The van der Waals surface area contributed by atoms with Crippen LogP contribution in [-0.4, -0.2) is 16.5 Å². The third-order valence-corrected chi connectivity index (χ3v) is 2.53. The summed E-state index contributed by atoms with van der Waals surface area (Å²) >= 11 is 5.81. The summed E-state index contributed by atoms with van der Waals surface area (Å²) in [7, 11) is 0. The number of hydrogen-bond donors (Lipinski definition) is 1. The molecule has 0 aliphatic rings. The average molecular weight is 290 g/mol. The molecule has 0 saturated carbocycles. The second kappa shape index (κ2) is 4.97. The van der Waals surface area contributed by atoms with E-state index in [1.54, 1.807) is 0 Å². The average Bonchev–Trinajstić information content (AvgIpc) is 2.31. The minimum Gasteiger partial charge on any atom is -0.506 e. The Labute approximate surface area is 111 Å². The monoisotopic (exact) mass is 289 g/mol. The third kappa shape index (κ3) is 3.29. The Morgan fingerprint density at radius 2 is 1.84 bits per heavy atom. The van der Waals surface area contributed by atoms with E-state index in [2.05, 4.69) is 9.72 Å². The molecule has 0 amide bonds. The molecule has 1 aromatic heterocycles. The Balaban J connectivity index is 2.53. The van der Waals surface area contributed by atoms with Gasteiger partial charge in [0.15, 0.2) is 0 Å². The Bertz CT molecular complexity index is 602. The lowest BCUT2D eigenvalue weighted by molar-refractivity contribution is -0.274.